The van der Waals surface area contributed by atoms with Crippen LogP contribution in [0.25, 0.3) is 0 Å². The highest BCUT2D eigenvalue weighted by atomic mass is 79.9. The number of esters is 1. The molecule has 72 valence electrons. The van der Waals surface area contributed by atoms with Crippen molar-refractivity contribution >= 4 is 37.8 Å². The molecule has 0 N–H and O–H groups in total. The normalized spacial score (nSPS) is 10.1. The Kier molecular flexibility index (Phi) is 3.86. The topological polar surface area (TPSA) is 57.0 Å². The second-order valence-electron chi connectivity index (χ2n) is 2.12. The molecule has 0 amide bonds. The molecule has 0 aromatic carbocycles. The van der Waals surface area contributed by atoms with Gasteiger partial charge in [-0.25, -0.2) is 4.79 Å². The van der Waals surface area contributed by atoms with Crippen molar-refractivity contribution in [2.75, 3.05) is 6.61 Å². The molecule has 1 rings (SSSR count). The van der Waals surface area contributed by atoms with Crippen LogP contribution >= 0.6 is 31.9 Å². The number of hydrogen-bond donors (Lipinski definition) is 0. The smallest absolute Gasteiger partial charge is 0.329 e. The van der Waals surface area contributed by atoms with E-state index in [-0.39, 0.29) is 12.5 Å². The van der Waals surface area contributed by atoms with E-state index in [1.54, 1.807) is 6.92 Å². The standard InChI is InChI=1S/C6H7Br2N3O2/c1-2-13-4(12)3-11-9-5(7)6(8)10-11/h2-3H2,1H3. The van der Waals surface area contributed by atoms with Crippen LogP contribution in [0, 0.1) is 0 Å². The van der Waals surface area contributed by atoms with Crippen molar-refractivity contribution in [3.8, 4) is 0 Å². The van der Waals surface area contributed by atoms with Gasteiger partial charge in [0, 0.05) is 0 Å². The fourth-order valence-corrected chi connectivity index (χ4v) is 1.23. The number of nitrogens with zero attached hydrogens (tertiary/aromatic N) is 3. The van der Waals surface area contributed by atoms with E-state index in [0.29, 0.717) is 15.8 Å². The van der Waals surface area contributed by atoms with Gasteiger partial charge in [-0.3, -0.25) is 0 Å². The van der Waals surface area contributed by atoms with E-state index in [0.717, 1.165) is 0 Å². The van der Waals surface area contributed by atoms with Crippen molar-refractivity contribution in [3.63, 3.8) is 0 Å². The molecule has 1 aromatic rings. The van der Waals surface area contributed by atoms with Crippen LogP contribution in [0.15, 0.2) is 9.21 Å². The van der Waals surface area contributed by atoms with Crippen molar-refractivity contribution in [2.24, 2.45) is 0 Å². The van der Waals surface area contributed by atoms with E-state index in [1.165, 1.54) is 4.80 Å². The molecule has 1 heterocycles. The molecular weight excluding hydrogens is 306 g/mol. The van der Waals surface area contributed by atoms with Gasteiger partial charge in [0.2, 0.25) is 0 Å². The van der Waals surface area contributed by atoms with Crippen molar-refractivity contribution in [3.05, 3.63) is 9.21 Å². The zero-order valence-corrected chi connectivity index (χ0v) is 10.0. The first-order valence-electron chi connectivity index (χ1n) is 3.55. The largest absolute Gasteiger partial charge is 0.465 e. The molecule has 1 aromatic heterocycles. The molecule has 0 bridgehead atoms. The number of rotatable bonds is 3. The molecule has 0 saturated heterocycles. The fraction of sp³-hybridized carbons (Fsp3) is 0.500. The lowest BCUT2D eigenvalue weighted by Crippen LogP contribution is -2.15. The van der Waals surface area contributed by atoms with Gasteiger partial charge in [0.05, 0.1) is 6.61 Å². The summed E-state index contributed by atoms with van der Waals surface area (Å²) in [5, 5.41) is 7.81. The maximum atomic E-state index is 11.0. The van der Waals surface area contributed by atoms with Crippen molar-refractivity contribution in [1.29, 1.82) is 0 Å². The van der Waals surface area contributed by atoms with E-state index < -0.39 is 0 Å². The van der Waals surface area contributed by atoms with Gasteiger partial charge >= 0.3 is 5.97 Å². The highest BCUT2D eigenvalue weighted by Gasteiger charge is 2.08. The molecule has 13 heavy (non-hydrogen) atoms. The molecule has 5 nitrogen and oxygen atoms in total. The van der Waals surface area contributed by atoms with E-state index in [1.807, 2.05) is 0 Å². The van der Waals surface area contributed by atoms with E-state index >= 15 is 0 Å². The van der Waals surface area contributed by atoms with Crippen LogP contribution in [0.3, 0.4) is 0 Å². The van der Waals surface area contributed by atoms with Gasteiger partial charge in [-0.05, 0) is 38.8 Å². The minimum atomic E-state index is -0.350. The summed E-state index contributed by atoms with van der Waals surface area (Å²) in [6.07, 6.45) is 0. The molecule has 0 aliphatic carbocycles. The van der Waals surface area contributed by atoms with E-state index in [9.17, 15) is 4.79 Å². The number of ether oxygens (including phenoxy) is 1. The Morgan fingerprint density at radius 2 is 2.00 bits per heavy atom. The van der Waals surface area contributed by atoms with Gasteiger partial charge in [0.1, 0.15) is 0 Å². The summed E-state index contributed by atoms with van der Waals surface area (Å²) in [4.78, 5) is 12.2. The van der Waals surface area contributed by atoms with Crippen LogP contribution in [0.5, 0.6) is 0 Å². The Morgan fingerprint density at radius 3 is 2.46 bits per heavy atom. The first-order valence-corrected chi connectivity index (χ1v) is 5.13. The monoisotopic (exact) mass is 311 g/mol. The molecule has 0 radical (unpaired) electrons. The van der Waals surface area contributed by atoms with Crippen LogP contribution in [0.4, 0.5) is 0 Å². The maximum Gasteiger partial charge on any atom is 0.329 e. The third-order valence-electron chi connectivity index (χ3n) is 1.15. The summed E-state index contributed by atoms with van der Waals surface area (Å²) >= 11 is 6.30. The summed E-state index contributed by atoms with van der Waals surface area (Å²) in [6.45, 7) is 2.14. The van der Waals surface area contributed by atoms with Gasteiger partial charge in [-0.2, -0.15) is 4.80 Å². The predicted molar refractivity (Wildman–Crippen MR) is 52.1 cm³/mol. The van der Waals surface area contributed by atoms with Crippen LogP contribution in [-0.2, 0) is 16.1 Å². The zero-order chi connectivity index (χ0) is 9.84. The van der Waals surface area contributed by atoms with Gasteiger partial charge in [0.15, 0.2) is 15.8 Å². The summed E-state index contributed by atoms with van der Waals surface area (Å²) in [6, 6.07) is 0. The second kappa shape index (κ2) is 4.71. The average Bonchev–Trinajstić information content (AvgIpc) is 2.31. The Hall–Kier alpha value is -0.430. The zero-order valence-electron chi connectivity index (χ0n) is 6.83. The Bertz CT molecular complexity index is 293. The van der Waals surface area contributed by atoms with Crippen LogP contribution in [0.2, 0.25) is 0 Å². The third-order valence-corrected chi connectivity index (χ3v) is 2.75. The van der Waals surface area contributed by atoms with Crippen molar-refractivity contribution in [2.45, 2.75) is 13.5 Å². The first-order chi connectivity index (χ1) is 6.13. The van der Waals surface area contributed by atoms with Crippen molar-refractivity contribution < 1.29 is 9.53 Å². The van der Waals surface area contributed by atoms with Crippen molar-refractivity contribution in [1.82, 2.24) is 15.0 Å². The average molecular weight is 313 g/mol. The lowest BCUT2D eigenvalue weighted by molar-refractivity contribution is -0.144. The van der Waals surface area contributed by atoms with Crippen LogP contribution < -0.4 is 0 Å². The van der Waals surface area contributed by atoms with Gasteiger partial charge < -0.3 is 4.74 Å². The summed E-state index contributed by atoms with van der Waals surface area (Å²) < 4.78 is 5.86. The minimum Gasteiger partial charge on any atom is -0.465 e. The SMILES string of the molecule is CCOC(=O)Cn1nc(Br)c(Br)n1. The Morgan fingerprint density at radius 1 is 1.46 bits per heavy atom. The quantitative estimate of drug-likeness (QED) is 0.791. The van der Waals surface area contributed by atoms with E-state index in [2.05, 4.69) is 42.1 Å². The molecule has 0 aliphatic rings. The lowest BCUT2D eigenvalue weighted by Gasteiger charge is -1.99. The predicted octanol–water partition coefficient (Wildman–Crippen LogP) is 1.37. The first kappa shape index (κ1) is 10.6. The highest BCUT2D eigenvalue weighted by molar-refractivity contribution is 9.13. The number of hydrogen-bond acceptors (Lipinski definition) is 4. The molecular formula is C6H7Br2N3O2. The van der Waals surface area contributed by atoms with Gasteiger partial charge in [-0.15, -0.1) is 10.2 Å². The minimum absolute atomic E-state index is 0.0258. The van der Waals surface area contributed by atoms with E-state index in [4.69, 9.17) is 4.74 Å². The lowest BCUT2D eigenvalue weighted by atomic mass is 10.7. The summed E-state index contributed by atoms with van der Waals surface area (Å²) in [5.41, 5.74) is 0. The molecule has 7 heteroatoms. The molecule has 0 atom stereocenters. The summed E-state index contributed by atoms with van der Waals surface area (Å²) in [7, 11) is 0. The molecule has 0 saturated carbocycles. The van der Waals surface area contributed by atoms with Gasteiger partial charge in [0.25, 0.3) is 0 Å². The Labute approximate surface area is 91.7 Å². The molecule has 0 aliphatic heterocycles. The molecule has 0 fully saturated rings. The number of halogens is 2. The number of carbonyl (C=O) groups is 1. The number of carbonyl (C=O) groups excluding carboxylic acids is 1. The third kappa shape index (κ3) is 3.07. The number of aromatic nitrogens is 3. The summed E-state index contributed by atoms with van der Waals surface area (Å²) in [5.74, 6) is -0.350. The Balaban J connectivity index is 2.59. The van der Waals surface area contributed by atoms with Gasteiger partial charge in [-0.1, -0.05) is 0 Å². The van der Waals surface area contributed by atoms with Crippen LogP contribution in [0.1, 0.15) is 6.92 Å². The maximum absolute atomic E-state index is 11.0. The highest BCUT2D eigenvalue weighted by Crippen LogP contribution is 2.16. The van der Waals surface area contributed by atoms with Crippen LogP contribution in [-0.4, -0.2) is 27.6 Å². The molecule has 0 unspecified atom stereocenters. The second-order valence-corrected chi connectivity index (χ2v) is 3.62. The molecule has 0 spiro atoms. The fourth-order valence-electron chi connectivity index (χ4n) is 0.700.